The maximum absolute atomic E-state index is 12.1. The normalized spacial score (nSPS) is 14.8. The first-order chi connectivity index (χ1) is 10.8. The Hall–Kier alpha value is -2.89. The van der Waals surface area contributed by atoms with E-state index in [1.54, 1.807) is 17.0 Å². The number of hydrogen-bond donors (Lipinski definition) is 0. The highest BCUT2D eigenvalue weighted by atomic mass is 16.5. The zero-order valence-electron chi connectivity index (χ0n) is 11.7. The van der Waals surface area contributed by atoms with Gasteiger partial charge in [-0.3, -0.25) is 4.79 Å². The summed E-state index contributed by atoms with van der Waals surface area (Å²) in [4.78, 5) is 18.2. The molecule has 0 radical (unpaired) electrons. The van der Waals surface area contributed by atoms with Gasteiger partial charge in [0.25, 0.3) is 5.91 Å². The van der Waals surface area contributed by atoms with E-state index in [4.69, 9.17) is 8.94 Å². The van der Waals surface area contributed by atoms with E-state index in [-0.39, 0.29) is 11.8 Å². The molecule has 3 aromatic rings. The second-order valence-electron chi connectivity index (χ2n) is 5.21. The molecule has 0 aliphatic carbocycles. The molecule has 1 amide bonds. The van der Waals surface area contributed by atoms with E-state index in [9.17, 15) is 4.79 Å². The maximum atomic E-state index is 12.1. The third-order valence-electron chi connectivity index (χ3n) is 3.72. The lowest BCUT2D eigenvalue weighted by Crippen LogP contribution is -2.48. The first kappa shape index (κ1) is 12.8. The van der Waals surface area contributed by atoms with Gasteiger partial charge >= 0.3 is 0 Å². The fourth-order valence-corrected chi connectivity index (χ4v) is 2.46. The summed E-state index contributed by atoms with van der Waals surface area (Å²) in [6.07, 6.45) is 1.49. The van der Waals surface area contributed by atoms with Crippen LogP contribution in [0.5, 0.6) is 0 Å². The van der Waals surface area contributed by atoms with Crippen LogP contribution in [0.2, 0.25) is 0 Å². The number of carbonyl (C=O) groups excluding carboxylic acids is 1. The zero-order valence-corrected chi connectivity index (χ0v) is 11.7. The van der Waals surface area contributed by atoms with Crippen molar-refractivity contribution in [1.82, 2.24) is 15.0 Å². The molecule has 6 heteroatoms. The maximum Gasteiger partial charge on any atom is 0.289 e. The van der Waals surface area contributed by atoms with Crippen LogP contribution >= 0.6 is 0 Å². The highest BCUT2D eigenvalue weighted by Gasteiger charge is 2.36. The van der Waals surface area contributed by atoms with E-state index in [2.05, 4.69) is 10.1 Å². The van der Waals surface area contributed by atoms with Crippen LogP contribution < -0.4 is 0 Å². The van der Waals surface area contributed by atoms with Gasteiger partial charge in [-0.25, -0.2) is 0 Å². The molecule has 0 N–H and O–H groups in total. The minimum absolute atomic E-state index is 0.0869. The van der Waals surface area contributed by atoms with Crippen LogP contribution in [0.4, 0.5) is 0 Å². The van der Waals surface area contributed by atoms with Gasteiger partial charge in [0.1, 0.15) is 0 Å². The van der Waals surface area contributed by atoms with Crippen molar-refractivity contribution in [3.05, 3.63) is 60.4 Å². The molecule has 22 heavy (non-hydrogen) atoms. The number of likely N-dealkylation sites (tertiary alicyclic amines) is 1. The molecule has 110 valence electrons. The molecule has 0 saturated carbocycles. The molecule has 1 aliphatic rings. The van der Waals surface area contributed by atoms with Crippen LogP contribution in [0, 0.1) is 0 Å². The molecule has 2 aromatic heterocycles. The Morgan fingerprint density at radius 1 is 1.14 bits per heavy atom. The Morgan fingerprint density at radius 3 is 2.68 bits per heavy atom. The summed E-state index contributed by atoms with van der Waals surface area (Å²) < 4.78 is 10.4. The Bertz CT molecular complexity index is 774. The standard InChI is InChI=1S/C16H13N3O3/c20-16(13-7-4-8-21-13)19-9-12(10-19)15-17-14(18-22-15)11-5-2-1-3-6-11/h1-8,12H,9-10H2. The van der Waals surface area contributed by atoms with E-state index in [0.29, 0.717) is 30.6 Å². The second-order valence-corrected chi connectivity index (χ2v) is 5.21. The van der Waals surface area contributed by atoms with Crippen LogP contribution in [0.1, 0.15) is 22.4 Å². The predicted molar refractivity (Wildman–Crippen MR) is 77.1 cm³/mol. The second kappa shape index (κ2) is 5.14. The quantitative estimate of drug-likeness (QED) is 0.742. The van der Waals surface area contributed by atoms with E-state index in [0.717, 1.165) is 5.56 Å². The third kappa shape index (κ3) is 2.18. The highest BCUT2D eigenvalue weighted by Crippen LogP contribution is 2.28. The predicted octanol–water partition coefficient (Wildman–Crippen LogP) is 2.57. The van der Waals surface area contributed by atoms with Crippen molar-refractivity contribution in [2.45, 2.75) is 5.92 Å². The van der Waals surface area contributed by atoms with Gasteiger partial charge in [0.05, 0.1) is 12.2 Å². The number of benzene rings is 1. The summed E-state index contributed by atoms with van der Waals surface area (Å²) in [7, 11) is 0. The summed E-state index contributed by atoms with van der Waals surface area (Å²) in [6, 6.07) is 13.0. The van der Waals surface area contributed by atoms with Gasteiger partial charge in [0.2, 0.25) is 11.7 Å². The number of hydrogen-bond acceptors (Lipinski definition) is 5. The van der Waals surface area contributed by atoms with Gasteiger partial charge in [-0.05, 0) is 12.1 Å². The van der Waals surface area contributed by atoms with Crippen molar-refractivity contribution in [2.24, 2.45) is 0 Å². The molecule has 0 spiro atoms. The molecule has 6 nitrogen and oxygen atoms in total. The number of amides is 1. The van der Waals surface area contributed by atoms with Crippen molar-refractivity contribution in [1.29, 1.82) is 0 Å². The Balaban J connectivity index is 1.43. The molecule has 0 unspecified atom stereocenters. The lowest BCUT2D eigenvalue weighted by Gasteiger charge is -2.36. The van der Waals surface area contributed by atoms with Gasteiger partial charge in [-0.1, -0.05) is 35.5 Å². The average Bonchev–Trinajstić information content (AvgIpc) is 3.18. The number of nitrogens with zero attached hydrogens (tertiary/aromatic N) is 3. The molecule has 1 aliphatic heterocycles. The fourth-order valence-electron chi connectivity index (χ4n) is 2.46. The smallest absolute Gasteiger partial charge is 0.289 e. The van der Waals surface area contributed by atoms with Crippen LogP contribution in [0.15, 0.2) is 57.7 Å². The molecule has 0 bridgehead atoms. The molecule has 3 heterocycles. The van der Waals surface area contributed by atoms with Crippen molar-refractivity contribution in [3.63, 3.8) is 0 Å². The minimum Gasteiger partial charge on any atom is -0.459 e. The fraction of sp³-hybridized carbons (Fsp3) is 0.188. The molecule has 1 fully saturated rings. The molecule has 4 rings (SSSR count). The van der Waals surface area contributed by atoms with E-state index >= 15 is 0 Å². The van der Waals surface area contributed by atoms with E-state index < -0.39 is 0 Å². The lowest BCUT2D eigenvalue weighted by atomic mass is 10.00. The first-order valence-electron chi connectivity index (χ1n) is 7.03. The van der Waals surface area contributed by atoms with Gasteiger partial charge < -0.3 is 13.8 Å². The molecule has 1 aromatic carbocycles. The topological polar surface area (TPSA) is 72.4 Å². The zero-order chi connectivity index (χ0) is 14.9. The molecular formula is C16H13N3O3. The van der Waals surface area contributed by atoms with E-state index in [1.165, 1.54) is 6.26 Å². The third-order valence-corrected chi connectivity index (χ3v) is 3.72. The van der Waals surface area contributed by atoms with Crippen LogP contribution in [-0.4, -0.2) is 34.0 Å². The van der Waals surface area contributed by atoms with Crippen LogP contribution in [-0.2, 0) is 0 Å². The average molecular weight is 295 g/mol. The number of rotatable bonds is 3. The van der Waals surface area contributed by atoms with Crippen LogP contribution in [0.25, 0.3) is 11.4 Å². The van der Waals surface area contributed by atoms with Gasteiger partial charge in [0.15, 0.2) is 5.76 Å². The summed E-state index contributed by atoms with van der Waals surface area (Å²) >= 11 is 0. The van der Waals surface area contributed by atoms with Crippen molar-refractivity contribution in [3.8, 4) is 11.4 Å². The van der Waals surface area contributed by atoms with Gasteiger partial charge in [-0.2, -0.15) is 4.98 Å². The SMILES string of the molecule is O=C(c1ccco1)N1CC(c2nc(-c3ccccc3)no2)C1. The summed E-state index contributed by atoms with van der Waals surface area (Å²) in [5.74, 6) is 1.48. The molecular weight excluding hydrogens is 282 g/mol. The summed E-state index contributed by atoms with van der Waals surface area (Å²) in [6.45, 7) is 1.13. The summed E-state index contributed by atoms with van der Waals surface area (Å²) in [5.41, 5.74) is 0.917. The highest BCUT2D eigenvalue weighted by molar-refractivity contribution is 5.92. The largest absolute Gasteiger partial charge is 0.459 e. The Kier molecular flexibility index (Phi) is 3.00. The lowest BCUT2D eigenvalue weighted by molar-refractivity contribution is 0.0537. The molecule has 0 atom stereocenters. The first-order valence-corrected chi connectivity index (χ1v) is 7.03. The van der Waals surface area contributed by atoms with Crippen LogP contribution in [0.3, 0.4) is 0 Å². The monoisotopic (exact) mass is 295 g/mol. The summed E-state index contributed by atoms with van der Waals surface area (Å²) in [5, 5.41) is 4.00. The Morgan fingerprint density at radius 2 is 1.95 bits per heavy atom. The van der Waals surface area contributed by atoms with Crippen molar-refractivity contribution < 1.29 is 13.7 Å². The van der Waals surface area contributed by atoms with E-state index in [1.807, 2.05) is 30.3 Å². The number of furan rings is 1. The minimum atomic E-state index is -0.107. The van der Waals surface area contributed by atoms with Crippen molar-refractivity contribution in [2.75, 3.05) is 13.1 Å². The van der Waals surface area contributed by atoms with Crippen molar-refractivity contribution >= 4 is 5.91 Å². The number of carbonyl (C=O) groups is 1. The molecule has 1 saturated heterocycles. The Labute approximate surface area is 126 Å². The number of aromatic nitrogens is 2. The van der Waals surface area contributed by atoms with Gasteiger partial charge in [0, 0.05) is 18.7 Å². The van der Waals surface area contributed by atoms with Gasteiger partial charge in [-0.15, -0.1) is 0 Å².